The van der Waals surface area contributed by atoms with Crippen LogP contribution in [0.25, 0.3) is 0 Å². The smallest absolute Gasteiger partial charge is 0.243 e. The van der Waals surface area contributed by atoms with Crippen molar-refractivity contribution >= 4 is 10.0 Å². The van der Waals surface area contributed by atoms with E-state index in [4.69, 9.17) is 18.9 Å². The molecule has 0 bridgehead atoms. The fourth-order valence-corrected chi connectivity index (χ4v) is 3.80. The van der Waals surface area contributed by atoms with E-state index in [0.29, 0.717) is 31.1 Å². The van der Waals surface area contributed by atoms with E-state index < -0.39 is 20.7 Å². The van der Waals surface area contributed by atoms with Crippen LogP contribution in [0.4, 0.5) is 4.39 Å². The number of hydrogen-bond acceptors (Lipinski definition) is 6. The van der Waals surface area contributed by atoms with Crippen molar-refractivity contribution in [1.82, 2.24) is 4.72 Å². The van der Waals surface area contributed by atoms with Crippen molar-refractivity contribution in [1.29, 1.82) is 0 Å². The lowest BCUT2D eigenvalue weighted by Gasteiger charge is -2.19. The van der Waals surface area contributed by atoms with E-state index in [2.05, 4.69) is 4.72 Å². The lowest BCUT2D eigenvalue weighted by atomic mass is 10.1. The van der Waals surface area contributed by atoms with Crippen molar-refractivity contribution in [2.45, 2.75) is 11.3 Å². The molecule has 0 amide bonds. The molecule has 9 heteroatoms. The average molecular weight is 397 g/mol. The van der Waals surface area contributed by atoms with E-state index in [1.54, 1.807) is 12.1 Å². The fourth-order valence-electron chi connectivity index (χ4n) is 2.69. The first-order valence-electron chi connectivity index (χ1n) is 8.24. The van der Waals surface area contributed by atoms with Crippen LogP contribution in [0.2, 0.25) is 0 Å². The van der Waals surface area contributed by atoms with E-state index in [1.165, 1.54) is 14.2 Å². The maximum absolute atomic E-state index is 14.2. The molecule has 0 aromatic heterocycles. The van der Waals surface area contributed by atoms with Crippen LogP contribution in [0.15, 0.2) is 35.2 Å². The highest BCUT2D eigenvalue weighted by Crippen LogP contribution is 2.32. The van der Waals surface area contributed by atoms with Crippen molar-refractivity contribution in [3.05, 3.63) is 41.7 Å². The molecule has 1 aliphatic heterocycles. The number of sulfonamides is 1. The quantitative estimate of drug-likeness (QED) is 0.771. The Morgan fingerprint density at radius 1 is 1.04 bits per heavy atom. The molecule has 0 saturated carbocycles. The maximum Gasteiger partial charge on any atom is 0.243 e. The summed E-state index contributed by atoms with van der Waals surface area (Å²) in [5, 5.41) is 0. The van der Waals surface area contributed by atoms with Gasteiger partial charge in [0.2, 0.25) is 10.0 Å². The van der Waals surface area contributed by atoms with Gasteiger partial charge in [0, 0.05) is 18.7 Å². The second-order valence-corrected chi connectivity index (χ2v) is 7.50. The molecule has 0 spiro atoms. The van der Waals surface area contributed by atoms with Crippen LogP contribution in [0.1, 0.15) is 5.56 Å². The first-order chi connectivity index (χ1) is 12.9. The molecule has 0 aliphatic carbocycles. The summed E-state index contributed by atoms with van der Waals surface area (Å²) in [5.41, 5.74) is 0.870. The van der Waals surface area contributed by atoms with Gasteiger partial charge in [0.15, 0.2) is 23.0 Å². The molecule has 0 fully saturated rings. The molecule has 1 heterocycles. The molecule has 146 valence electrons. The van der Waals surface area contributed by atoms with Crippen molar-refractivity contribution in [2.75, 3.05) is 34.0 Å². The second kappa shape index (κ2) is 8.01. The third kappa shape index (κ3) is 4.25. The largest absolute Gasteiger partial charge is 0.493 e. The Balaban J connectivity index is 1.70. The van der Waals surface area contributed by atoms with Crippen LogP contribution >= 0.6 is 0 Å². The highest BCUT2D eigenvalue weighted by atomic mass is 32.2. The zero-order valence-electron chi connectivity index (χ0n) is 15.0. The SMILES string of the molecule is COc1cc(F)c(S(=O)(=O)NCCc2ccc3c(c2)OCCO3)cc1OC. The van der Waals surface area contributed by atoms with Crippen LogP contribution in [0.3, 0.4) is 0 Å². The molecule has 3 rings (SSSR count). The first-order valence-corrected chi connectivity index (χ1v) is 9.72. The molecule has 2 aromatic rings. The predicted octanol–water partition coefficient (Wildman–Crippen LogP) is 2.14. The van der Waals surface area contributed by atoms with Crippen LogP contribution in [0, 0.1) is 5.82 Å². The van der Waals surface area contributed by atoms with Gasteiger partial charge in [-0.25, -0.2) is 17.5 Å². The van der Waals surface area contributed by atoms with Gasteiger partial charge < -0.3 is 18.9 Å². The molecule has 0 saturated heterocycles. The van der Waals surface area contributed by atoms with Gasteiger partial charge in [-0.3, -0.25) is 0 Å². The Kier molecular flexibility index (Phi) is 5.71. The van der Waals surface area contributed by atoms with E-state index >= 15 is 0 Å². The normalized spacial score (nSPS) is 13.3. The molecule has 1 aliphatic rings. The number of hydrogen-bond donors (Lipinski definition) is 1. The highest BCUT2D eigenvalue weighted by Gasteiger charge is 2.22. The van der Waals surface area contributed by atoms with E-state index in [1.807, 2.05) is 6.07 Å². The summed E-state index contributed by atoms with van der Waals surface area (Å²) in [7, 11) is -1.36. The summed E-state index contributed by atoms with van der Waals surface area (Å²) < 4.78 is 62.5. The van der Waals surface area contributed by atoms with Gasteiger partial charge in [-0.15, -0.1) is 0 Å². The maximum atomic E-state index is 14.2. The van der Waals surface area contributed by atoms with Gasteiger partial charge in [0.25, 0.3) is 0 Å². The minimum Gasteiger partial charge on any atom is -0.493 e. The monoisotopic (exact) mass is 397 g/mol. The molecule has 1 N–H and O–H groups in total. The molecular formula is C18H20FNO6S. The second-order valence-electron chi connectivity index (χ2n) is 5.76. The van der Waals surface area contributed by atoms with Gasteiger partial charge in [-0.2, -0.15) is 0 Å². The van der Waals surface area contributed by atoms with E-state index in [0.717, 1.165) is 17.7 Å². The summed E-state index contributed by atoms with van der Waals surface area (Å²) in [4.78, 5) is -0.498. The standard InChI is InChI=1S/C18H20FNO6S/c1-23-15-10-13(19)18(11-16(15)24-2)27(21,22)20-6-5-12-3-4-14-17(9-12)26-8-7-25-14/h3-4,9-11,20H,5-8H2,1-2H3. The summed E-state index contributed by atoms with van der Waals surface area (Å²) in [6, 6.07) is 7.50. The van der Waals surface area contributed by atoms with Crippen molar-refractivity contribution < 1.29 is 31.8 Å². The number of benzene rings is 2. The van der Waals surface area contributed by atoms with E-state index in [-0.39, 0.29) is 18.0 Å². The Morgan fingerprint density at radius 3 is 2.41 bits per heavy atom. The lowest BCUT2D eigenvalue weighted by molar-refractivity contribution is 0.171. The zero-order chi connectivity index (χ0) is 19.4. The van der Waals surface area contributed by atoms with Crippen molar-refractivity contribution in [2.24, 2.45) is 0 Å². The third-order valence-corrected chi connectivity index (χ3v) is 5.52. The Hall–Kier alpha value is -2.52. The number of nitrogens with one attached hydrogen (secondary N) is 1. The Morgan fingerprint density at radius 2 is 1.70 bits per heavy atom. The minimum atomic E-state index is -4.05. The van der Waals surface area contributed by atoms with Crippen LogP contribution in [-0.2, 0) is 16.4 Å². The first kappa shape index (κ1) is 19.2. The fraction of sp³-hybridized carbons (Fsp3) is 0.333. The van der Waals surface area contributed by atoms with Crippen LogP contribution in [-0.4, -0.2) is 42.4 Å². The minimum absolute atomic E-state index is 0.0930. The average Bonchev–Trinajstić information content (AvgIpc) is 2.67. The van der Waals surface area contributed by atoms with E-state index in [9.17, 15) is 12.8 Å². The number of methoxy groups -OCH3 is 2. The Labute approximate surface area is 157 Å². The number of fused-ring (bicyclic) bond motifs is 1. The summed E-state index contributed by atoms with van der Waals surface area (Å²) in [6.45, 7) is 1.07. The van der Waals surface area contributed by atoms with Crippen LogP contribution < -0.4 is 23.7 Å². The molecular weight excluding hydrogens is 377 g/mol. The molecule has 2 aromatic carbocycles. The summed E-state index contributed by atoms with van der Waals surface area (Å²) in [5.74, 6) is 0.626. The van der Waals surface area contributed by atoms with Gasteiger partial charge in [-0.05, 0) is 24.1 Å². The van der Waals surface area contributed by atoms with Gasteiger partial charge in [-0.1, -0.05) is 6.07 Å². The van der Waals surface area contributed by atoms with Gasteiger partial charge in [0.1, 0.15) is 23.9 Å². The topological polar surface area (TPSA) is 83.1 Å². The highest BCUT2D eigenvalue weighted by molar-refractivity contribution is 7.89. The lowest BCUT2D eigenvalue weighted by Crippen LogP contribution is -2.27. The number of halogens is 1. The predicted molar refractivity (Wildman–Crippen MR) is 95.8 cm³/mol. The van der Waals surface area contributed by atoms with Gasteiger partial charge in [0.05, 0.1) is 14.2 Å². The van der Waals surface area contributed by atoms with Crippen LogP contribution in [0.5, 0.6) is 23.0 Å². The molecule has 0 radical (unpaired) electrons. The zero-order valence-corrected chi connectivity index (χ0v) is 15.8. The molecule has 0 unspecified atom stereocenters. The third-order valence-electron chi connectivity index (χ3n) is 4.04. The van der Waals surface area contributed by atoms with Crippen molar-refractivity contribution in [3.63, 3.8) is 0 Å². The summed E-state index contributed by atoms with van der Waals surface area (Å²) in [6.07, 6.45) is 0.408. The van der Waals surface area contributed by atoms with Crippen molar-refractivity contribution in [3.8, 4) is 23.0 Å². The Bertz CT molecular complexity index is 932. The number of ether oxygens (including phenoxy) is 4. The molecule has 7 nitrogen and oxygen atoms in total. The van der Waals surface area contributed by atoms with Gasteiger partial charge >= 0.3 is 0 Å². The molecule has 0 atom stereocenters. The number of rotatable bonds is 7. The molecule has 27 heavy (non-hydrogen) atoms. The summed E-state index contributed by atoms with van der Waals surface area (Å²) >= 11 is 0.